The van der Waals surface area contributed by atoms with Crippen LogP contribution in [0.3, 0.4) is 0 Å². The lowest BCUT2D eigenvalue weighted by molar-refractivity contribution is -0.173. The van der Waals surface area contributed by atoms with E-state index in [0.29, 0.717) is 23.2 Å². The van der Waals surface area contributed by atoms with Crippen molar-refractivity contribution in [1.82, 2.24) is 0 Å². The summed E-state index contributed by atoms with van der Waals surface area (Å²) in [5.74, 6) is 1.33. The maximum atomic E-state index is 9.82. The molecule has 0 radical (unpaired) electrons. The minimum atomic E-state index is -0.319. The average Bonchev–Trinajstić information content (AvgIpc) is 2.64. The fourth-order valence-electron chi connectivity index (χ4n) is 5.33. The van der Waals surface area contributed by atoms with Crippen molar-refractivity contribution in [2.75, 3.05) is 19.8 Å². The summed E-state index contributed by atoms with van der Waals surface area (Å²) in [5, 5.41) is 29.2. The lowest BCUT2D eigenvalue weighted by Crippen LogP contribution is -2.63. The number of aliphatic hydroxyl groups excluding tert-OH is 3. The number of rotatable bonds is 3. The molecular formula is C15H24O3. The standard InChI is InChI=1S/C15H24O3/c1-14-5-2-6-15(8-17,9-18)13-11(14)4-3-10(7-16)12(13)14/h3,11-13,16-18H,2,4-9H2,1H3/t11-,12+,13-,14+/m0/s1. The fraction of sp³-hybridized carbons (Fsp3) is 0.867. The first-order valence-corrected chi connectivity index (χ1v) is 7.14. The summed E-state index contributed by atoms with van der Waals surface area (Å²) in [7, 11) is 0. The van der Waals surface area contributed by atoms with Crippen LogP contribution in [0.5, 0.6) is 0 Å². The topological polar surface area (TPSA) is 60.7 Å². The van der Waals surface area contributed by atoms with E-state index < -0.39 is 0 Å². The average molecular weight is 252 g/mol. The Morgan fingerprint density at radius 2 is 1.94 bits per heavy atom. The third-order valence-electron chi connectivity index (χ3n) is 6.29. The Morgan fingerprint density at radius 1 is 1.22 bits per heavy atom. The highest BCUT2D eigenvalue weighted by Gasteiger charge is 2.67. The van der Waals surface area contributed by atoms with Gasteiger partial charge in [-0.25, -0.2) is 0 Å². The van der Waals surface area contributed by atoms with Crippen molar-refractivity contribution in [2.24, 2.45) is 28.6 Å². The molecule has 0 unspecified atom stereocenters. The SMILES string of the molecule is C[C@]12CCCC(CO)(CO)[C@@H]3[C@H]1C(CO)=CC[C@@H]32. The molecule has 102 valence electrons. The summed E-state index contributed by atoms with van der Waals surface area (Å²) < 4.78 is 0. The first kappa shape index (κ1) is 12.6. The van der Waals surface area contributed by atoms with Crippen molar-refractivity contribution in [3.63, 3.8) is 0 Å². The lowest BCUT2D eigenvalue weighted by Gasteiger charge is -2.66. The van der Waals surface area contributed by atoms with Crippen molar-refractivity contribution in [3.8, 4) is 0 Å². The van der Waals surface area contributed by atoms with Gasteiger partial charge in [0.25, 0.3) is 0 Å². The minimum absolute atomic E-state index is 0.0793. The predicted molar refractivity (Wildman–Crippen MR) is 68.8 cm³/mol. The minimum Gasteiger partial charge on any atom is -0.396 e. The number of allylic oxidation sites excluding steroid dienone is 1. The van der Waals surface area contributed by atoms with E-state index in [0.717, 1.165) is 31.3 Å². The molecule has 3 aliphatic rings. The summed E-state index contributed by atoms with van der Waals surface area (Å²) in [6, 6.07) is 0. The van der Waals surface area contributed by atoms with Crippen LogP contribution in [0.25, 0.3) is 0 Å². The Kier molecular flexibility index (Phi) is 2.85. The molecule has 0 aromatic heterocycles. The molecule has 0 heterocycles. The van der Waals surface area contributed by atoms with Crippen LogP contribution in [-0.4, -0.2) is 35.1 Å². The molecule has 3 N–H and O–H groups in total. The van der Waals surface area contributed by atoms with E-state index in [1.165, 1.54) is 0 Å². The normalized spacial score (nSPS) is 44.9. The van der Waals surface area contributed by atoms with Crippen LogP contribution >= 0.6 is 0 Å². The molecule has 3 rings (SSSR count). The summed E-state index contributed by atoms with van der Waals surface area (Å²) in [4.78, 5) is 0. The summed E-state index contributed by atoms with van der Waals surface area (Å²) in [5.41, 5.74) is 1.13. The highest BCUT2D eigenvalue weighted by atomic mass is 16.3. The zero-order chi connectivity index (χ0) is 13.0. The van der Waals surface area contributed by atoms with Crippen LogP contribution in [-0.2, 0) is 0 Å². The Bertz CT molecular complexity index is 372. The van der Waals surface area contributed by atoms with Crippen molar-refractivity contribution in [1.29, 1.82) is 0 Å². The first-order chi connectivity index (χ1) is 8.63. The summed E-state index contributed by atoms with van der Waals surface area (Å²) in [6.45, 7) is 2.63. The number of hydrogen-bond acceptors (Lipinski definition) is 3. The second-order valence-corrected chi connectivity index (χ2v) is 6.82. The molecule has 4 bridgehead atoms. The van der Waals surface area contributed by atoms with Gasteiger partial charge in [0.15, 0.2) is 0 Å². The highest BCUT2D eigenvalue weighted by molar-refractivity contribution is 5.30. The van der Waals surface area contributed by atoms with E-state index in [2.05, 4.69) is 13.0 Å². The van der Waals surface area contributed by atoms with Crippen LogP contribution in [0.15, 0.2) is 11.6 Å². The van der Waals surface area contributed by atoms with E-state index in [-0.39, 0.29) is 25.2 Å². The van der Waals surface area contributed by atoms with Gasteiger partial charge in [-0.1, -0.05) is 19.4 Å². The Balaban J connectivity index is 2.03. The quantitative estimate of drug-likeness (QED) is 0.664. The molecule has 18 heavy (non-hydrogen) atoms. The Morgan fingerprint density at radius 3 is 2.56 bits per heavy atom. The monoisotopic (exact) mass is 252 g/mol. The van der Waals surface area contributed by atoms with E-state index in [1.807, 2.05) is 0 Å². The van der Waals surface area contributed by atoms with Gasteiger partial charge in [-0.15, -0.1) is 0 Å². The van der Waals surface area contributed by atoms with Crippen LogP contribution in [0.2, 0.25) is 0 Å². The molecule has 0 saturated heterocycles. The van der Waals surface area contributed by atoms with E-state index in [9.17, 15) is 15.3 Å². The molecule has 0 amide bonds. The Labute approximate surface area is 109 Å². The smallest absolute Gasteiger partial charge is 0.0644 e. The third kappa shape index (κ3) is 1.30. The van der Waals surface area contributed by atoms with E-state index in [1.54, 1.807) is 0 Å². The maximum Gasteiger partial charge on any atom is 0.0644 e. The number of aliphatic hydroxyl groups is 3. The summed E-state index contributed by atoms with van der Waals surface area (Å²) >= 11 is 0. The molecule has 0 spiro atoms. The molecule has 2 fully saturated rings. The predicted octanol–water partition coefficient (Wildman–Crippen LogP) is 1.33. The largest absolute Gasteiger partial charge is 0.396 e. The zero-order valence-corrected chi connectivity index (χ0v) is 11.1. The van der Waals surface area contributed by atoms with Gasteiger partial charge in [-0.2, -0.15) is 0 Å². The molecule has 4 atom stereocenters. The van der Waals surface area contributed by atoms with E-state index >= 15 is 0 Å². The van der Waals surface area contributed by atoms with Crippen LogP contribution in [0, 0.1) is 28.6 Å². The molecule has 3 aliphatic carbocycles. The fourth-order valence-corrected chi connectivity index (χ4v) is 5.33. The van der Waals surface area contributed by atoms with Gasteiger partial charge < -0.3 is 15.3 Å². The molecular weight excluding hydrogens is 228 g/mol. The number of fused-ring (bicyclic) bond motifs is 1. The van der Waals surface area contributed by atoms with Crippen molar-refractivity contribution in [3.05, 3.63) is 11.6 Å². The molecule has 3 heteroatoms. The van der Waals surface area contributed by atoms with Crippen molar-refractivity contribution in [2.45, 2.75) is 32.6 Å². The van der Waals surface area contributed by atoms with Crippen LogP contribution < -0.4 is 0 Å². The first-order valence-electron chi connectivity index (χ1n) is 7.14. The molecule has 0 aromatic rings. The Hall–Kier alpha value is -0.380. The van der Waals surface area contributed by atoms with Crippen LogP contribution in [0.4, 0.5) is 0 Å². The molecule has 3 nitrogen and oxygen atoms in total. The van der Waals surface area contributed by atoms with Gasteiger partial charge in [0.2, 0.25) is 0 Å². The van der Waals surface area contributed by atoms with E-state index in [4.69, 9.17) is 0 Å². The van der Waals surface area contributed by atoms with Gasteiger partial charge in [0, 0.05) is 5.41 Å². The third-order valence-corrected chi connectivity index (χ3v) is 6.29. The zero-order valence-electron chi connectivity index (χ0n) is 11.1. The highest BCUT2D eigenvalue weighted by Crippen LogP contribution is 2.72. The van der Waals surface area contributed by atoms with Crippen LogP contribution in [0.1, 0.15) is 32.6 Å². The van der Waals surface area contributed by atoms with Gasteiger partial charge in [0.1, 0.15) is 0 Å². The lowest BCUT2D eigenvalue weighted by atomic mass is 9.38. The van der Waals surface area contributed by atoms with Gasteiger partial charge in [-0.05, 0) is 48.0 Å². The van der Waals surface area contributed by atoms with Gasteiger partial charge >= 0.3 is 0 Å². The van der Waals surface area contributed by atoms with Crippen molar-refractivity contribution >= 4 is 0 Å². The van der Waals surface area contributed by atoms with Gasteiger partial charge in [-0.3, -0.25) is 0 Å². The van der Waals surface area contributed by atoms with Crippen molar-refractivity contribution < 1.29 is 15.3 Å². The number of hydrogen-bond donors (Lipinski definition) is 3. The van der Waals surface area contributed by atoms with Gasteiger partial charge in [0.05, 0.1) is 19.8 Å². The maximum absolute atomic E-state index is 9.82. The second kappa shape index (κ2) is 4.06. The second-order valence-electron chi connectivity index (χ2n) is 6.82. The molecule has 0 aromatic carbocycles. The molecule has 0 aliphatic heterocycles. The molecule has 2 saturated carbocycles. The summed E-state index contributed by atoms with van der Waals surface area (Å²) in [6.07, 6.45) is 6.37.